The molecule has 1 saturated heterocycles. The molecule has 0 radical (unpaired) electrons. The van der Waals surface area contributed by atoms with Crippen LogP contribution in [0.5, 0.6) is 0 Å². The van der Waals surface area contributed by atoms with Gasteiger partial charge in [-0.25, -0.2) is 0 Å². The molecular formula is C16H25NO. The van der Waals surface area contributed by atoms with E-state index in [9.17, 15) is 5.11 Å². The Morgan fingerprint density at radius 1 is 1.06 bits per heavy atom. The van der Waals surface area contributed by atoms with Crippen molar-refractivity contribution in [2.75, 3.05) is 0 Å². The molecule has 2 heteroatoms. The minimum atomic E-state index is -0.179. The van der Waals surface area contributed by atoms with Crippen LogP contribution < -0.4 is 0 Å². The van der Waals surface area contributed by atoms with E-state index in [2.05, 4.69) is 62.9 Å². The molecule has 1 N–H and O–H groups in total. The average Bonchev–Trinajstić information content (AvgIpc) is 2.23. The minimum Gasteiger partial charge on any atom is -0.393 e. The fraction of sp³-hybridized carbons (Fsp3) is 0.625. The summed E-state index contributed by atoms with van der Waals surface area (Å²) in [5, 5.41) is 10.0. The lowest BCUT2D eigenvalue weighted by molar-refractivity contribution is -0.0860. The summed E-state index contributed by atoms with van der Waals surface area (Å²) in [6.45, 7) is 9.90. The van der Waals surface area contributed by atoms with Crippen LogP contribution in [-0.2, 0) is 6.54 Å². The van der Waals surface area contributed by atoms with E-state index in [0.29, 0.717) is 0 Å². The summed E-state index contributed by atoms with van der Waals surface area (Å²) >= 11 is 0. The van der Waals surface area contributed by atoms with Gasteiger partial charge >= 0.3 is 0 Å². The smallest absolute Gasteiger partial charge is 0.0575 e. The summed E-state index contributed by atoms with van der Waals surface area (Å²) in [4.78, 5) is 2.53. The van der Waals surface area contributed by atoms with Crippen LogP contribution in [0.4, 0.5) is 0 Å². The van der Waals surface area contributed by atoms with Gasteiger partial charge in [-0.05, 0) is 46.1 Å². The number of piperidine rings is 1. The monoisotopic (exact) mass is 247 g/mol. The van der Waals surface area contributed by atoms with Crippen LogP contribution in [0.2, 0.25) is 0 Å². The second-order valence-corrected chi connectivity index (χ2v) is 6.76. The third-order valence-electron chi connectivity index (χ3n) is 4.12. The van der Waals surface area contributed by atoms with Crippen molar-refractivity contribution >= 4 is 0 Å². The number of nitrogens with zero attached hydrogens (tertiary/aromatic N) is 1. The van der Waals surface area contributed by atoms with Crippen LogP contribution in [-0.4, -0.2) is 27.2 Å². The Bertz CT molecular complexity index is 379. The van der Waals surface area contributed by atoms with Gasteiger partial charge in [-0.2, -0.15) is 0 Å². The van der Waals surface area contributed by atoms with Gasteiger partial charge in [0, 0.05) is 17.6 Å². The van der Waals surface area contributed by atoms with Crippen molar-refractivity contribution in [2.24, 2.45) is 0 Å². The normalized spacial score (nSPS) is 24.1. The average molecular weight is 247 g/mol. The van der Waals surface area contributed by atoms with Gasteiger partial charge in [-0.3, -0.25) is 4.90 Å². The van der Waals surface area contributed by atoms with Crippen molar-refractivity contribution in [1.82, 2.24) is 4.90 Å². The first-order valence-corrected chi connectivity index (χ1v) is 6.81. The molecule has 1 heterocycles. The van der Waals surface area contributed by atoms with E-state index >= 15 is 0 Å². The maximum Gasteiger partial charge on any atom is 0.0575 e. The zero-order valence-electron chi connectivity index (χ0n) is 12.0. The molecule has 0 aromatic heterocycles. The van der Waals surface area contributed by atoms with Gasteiger partial charge in [0.1, 0.15) is 0 Å². The number of likely N-dealkylation sites (tertiary alicyclic amines) is 1. The Morgan fingerprint density at radius 3 is 2.06 bits per heavy atom. The number of rotatable bonds is 2. The second kappa shape index (κ2) is 4.67. The maximum absolute atomic E-state index is 10.0. The summed E-state index contributed by atoms with van der Waals surface area (Å²) in [6.07, 6.45) is 1.52. The maximum atomic E-state index is 10.0. The summed E-state index contributed by atoms with van der Waals surface area (Å²) in [6, 6.07) is 10.6. The van der Waals surface area contributed by atoms with Crippen molar-refractivity contribution in [1.29, 1.82) is 0 Å². The Balaban J connectivity index is 2.23. The summed E-state index contributed by atoms with van der Waals surface area (Å²) in [5.41, 5.74) is 1.42. The highest BCUT2D eigenvalue weighted by molar-refractivity contribution is 5.16. The number of benzene rings is 1. The highest BCUT2D eigenvalue weighted by atomic mass is 16.3. The topological polar surface area (TPSA) is 23.5 Å². The van der Waals surface area contributed by atoms with Crippen molar-refractivity contribution in [2.45, 2.75) is 64.3 Å². The first kappa shape index (κ1) is 13.6. The number of hydrogen-bond acceptors (Lipinski definition) is 2. The molecule has 1 aromatic carbocycles. The van der Waals surface area contributed by atoms with Gasteiger partial charge in [0.15, 0.2) is 0 Å². The fourth-order valence-corrected chi connectivity index (χ4v) is 3.46. The van der Waals surface area contributed by atoms with E-state index in [1.165, 1.54) is 5.56 Å². The highest BCUT2D eigenvalue weighted by Gasteiger charge is 2.44. The van der Waals surface area contributed by atoms with Crippen LogP contribution >= 0.6 is 0 Å². The van der Waals surface area contributed by atoms with Gasteiger partial charge in [-0.15, -0.1) is 0 Å². The van der Waals surface area contributed by atoms with Crippen LogP contribution in [0.1, 0.15) is 46.1 Å². The van der Waals surface area contributed by atoms with Gasteiger partial charge in [0.2, 0.25) is 0 Å². The molecule has 0 atom stereocenters. The molecule has 18 heavy (non-hydrogen) atoms. The Hall–Kier alpha value is -0.860. The van der Waals surface area contributed by atoms with Gasteiger partial charge in [-0.1, -0.05) is 30.3 Å². The molecule has 0 aliphatic carbocycles. The van der Waals surface area contributed by atoms with E-state index in [-0.39, 0.29) is 17.2 Å². The summed E-state index contributed by atoms with van der Waals surface area (Å²) in [7, 11) is 0. The molecule has 0 bridgehead atoms. The van der Waals surface area contributed by atoms with Gasteiger partial charge in [0.25, 0.3) is 0 Å². The molecule has 1 aromatic rings. The van der Waals surface area contributed by atoms with Crippen molar-refractivity contribution in [3.8, 4) is 0 Å². The predicted molar refractivity (Wildman–Crippen MR) is 75.4 cm³/mol. The molecule has 1 aliphatic rings. The molecule has 1 fully saturated rings. The van der Waals surface area contributed by atoms with Crippen LogP contribution in [0.15, 0.2) is 30.3 Å². The molecule has 2 rings (SSSR count). The lowest BCUT2D eigenvalue weighted by atomic mass is 9.78. The minimum absolute atomic E-state index is 0.0387. The molecule has 0 saturated carbocycles. The lowest BCUT2D eigenvalue weighted by Crippen LogP contribution is -2.61. The van der Waals surface area contributed by atoms with Gasteiger partial charge < -0.3 is 5.11 Å². The predicted octanol–water partition coefficient (Wildman–Crippen LogP) is 3.20. The lowest BCUT2D eigenvalue weighted by Gasteiger charge is -2.54. The van der Waals surface area contributed by atoms with E-state index in [1.807, 2.05) is 0 Å². The van der Waals surface area contributed by atoms with Crippen LogP contribution in [0, 0.1) is 0 Å². The fourth-order valence-electron chi connectivity index (χ4n) is 3.46. The standard InChI is InChI=1S/C16H25NO/c1-15(2)10-14(18)11-16(3,4)17(15)12-13-8-6-5-7-9-13/h5-9,14,18H,10-12H2,1-4H3. The Labute approximate surface area is 111 Å². The molecular weight excluding hydrogens is 222 g/mol. The molecule has 100 valence electrons. The van der Waals surface area contributed by atoms with E-state index in [1.54, 1.807) is 0 Å². The molecule has 0 amide bonds. The SMILES string of the molecule is CC1(C)CC(O)CC(C)(C)N1Cc1ccccc1. The number of aliphatic hydroxyl groups is 1. The molecule has 0 unspecified atom stereocenters. The largest absolute Gasteiger partial charge is 0.393 e. The first-order valence-electron chi connectivity index (χ1n) is 6.81. The first-order chi connectivity index (χ1) is 8.31. The third-order valence-corrected chi connectivity index (χ3v) is 4.12. The van der Waals surface area contributed by atoms with Crippen molar-refractivity contribution in [3.63, 3.8) is 0 Å². The zero-order valence-corrected chi connectivity index (χ0v) is 12.0. The molecule has 1 aliphatic heterocycles. The second-order valence-electron chi connectivity index (χ2n) is 6.76. The van der Waals surface area contributed by atoms with E-state index in [4.69, 9.17) is 0 Å². The quantitative estimate of drug-likeness (QED) is 0.867. The van der Waals surface area contributed by atoms with Crippen molar-refractivity contribution < 1.29 is 5.11 Å². The van der Waals surface area contributed by atoms with Crippen molar-refractivity contribution in [3.05, 3.63) is 35.9 Å². The number of aliphatic hydroxyl groups excluding tert-OH is 1. The Morgan fingerprint density at radius 2 is 1.56 bits per heavy atom. The zero-order chi connectivity index (χ0) is 13.4. The Kier molecular flexibility index (Phi) is 3.52. The third kappa shape index (κ3) is 2.76. The molecule has 2 nitrogen and oxygen atoms in total. The van der Waals surface area contributed by atoms with E-state index < -0.39 is 0 Å². The summed E-state index contributed by atoms with van der Waals surface area (Å²) < 4.78 is 0. The number of hydrogen-bond donors (Lipinski definition) is 1. The van der Waals surface area contributed by atoms with Crippen LogP contribution in [0.25, 0.3) is 0 Å². The van der Waals surface area contributed by atoms with Gasteiger partial charge in [0.05, 0.1) is 6.10 Å². The van der Waals surface area contributed by atoms with Crippen LogP contribution in [0.3, 0.4) is 0 Å². The van der Waals surface area contributed by atoms with E-state index in [0.717, 1.165) is 19.4 Å². The highest BCUT2D eigenvalue weighted by Crippen LogP contribution is 2.39. The molecule has 0 spiro atoms. The summed E-state index contributed by atoms with van der Waals surface area (Å²) in [5.74, 6) is 0.